The van der Waals surface area contributed by atoms with Gasteiger partial charge in [0.25, 0.3) is 0 Å². The molecule has 0 aliphatic heterocycles. The molecule has 2 nitrogen and oxygen atoms in total. The summed E-state index contributed by atoms with van der Waals surface area (Å²) in [5.74, 6) is 0. The topological polar surface area (TPSA) is 28.7 Å². The van der Waals surface area contributed by atoms with Crippen LogP contribution in [0, 0.1) is 0 Å². The minimum absolute atomic E-state index is 0.0662. The van der Waals surface area contributed by atoms with Crippen molar-refractivity contribution in [3.8, 4) is 11.1 Å². The van der Waals surface area contributed by atoms with E-state index in [1.54, 1.807) is 30.3 Å². The number of hydrogen-bond donors (Lipinski definition) is 1. The maximum atomic E-state index is 13.0. The summed E-state index contributed by atoms with van der Waals surface area (Å²) in [6.45, 7) is 0. The molecule has 2 aromatic carbocycles. The Balaban J connectivity index is 2.34. The smallest absolute Gasteiger partial charge is 0.329 e. The van der Waals surface area contributed by atoms with Crippen LogP contribution in [0.4, 0.5) is 13.2 Å². The number of fused-ring (bicyclic) bond motifs is 1. The molecule has 0 radical (unpaired) electrons. The Morgan fingerprint density at radius 3 is 2.40 bits per heavy atom. The van der Waals surface area contributed by atoms with Gasteiger partial charge in [0.05, 0.1) is 16.6 Å². The molecule has 1 heterocycles. The molecule has 0 bridgehead atoms. The van der Waals surface area contributed by atoms with Gasteiger partial charge in [-0.2, -0.15) is 13.2 Å². The standard InChI is InChI=1S/C14H8ClF3N2/c15-13-19-11-7-9(14(16,17)18)6-10(12(11)20-13)8-4-2-1-3-5-8/h1-7H,(H,19,20). The van der Waals surface area contributed by atoms with Gasteiger partial charge >= 0.3 is 6.18 Å². The van der Waals surface area contributed by atoms with Crippen LogP contribution in [0.1, 0.15) is 5.56 Å². The highest BCUT2D eigenvalue weighted by Crippen LogP contribution is 2.36. The first-order valence-corrected chi connectivity index (χ1v) is 6.15. The van der Waals surface area contributed by atoms with Crippen molar-refractivity contribution >= 4 is 22.6 Å². The van der Waals surface area contributed by atoms with Crippen molar-refractivity contribution in [2.45, 2.75) is 6.18 Å². The maximum absolute atomic E-state index is 13.0. The molecular formula is C14H8ClF3N2. The molecule has 3 aromatic rings. The van der Waals surface area contributed by atoms with Gasteiger partial charge < -0.3 is 4.98 Å². The van der Waals surface area contributed by atoms with Crippen LogP contribution < -0.4 is 0 Å². The molecule has 0 saturated carbocycles. The van der Waals surface area contributed by atoms with E-state index in [4.69, 9.17) is 11.6 Å². The number of alkyl halides is 3. The summed E-state index contributed by atoms with van der Waals surface area (Å²) in [6.07, 6.45) is -4.42. The number of H-pyrrole nitrogens is 1. The van der Waals surface area contributed by atoms with Crippen molar-refractivity contribution in [2.75, 3.05) is 0 Å². The van der Waals surface area contributed by atoms with E-state index in [1.165, 1.54) is 0 Å². The molecule has 0 unspecified atom stereocenters. The number of nitrogens with zero attached hydrogens (tertiary/aromatic N) is 1. The highest BCUT2D eigenvalue weighted by molar-refractivity contribution is 6.29. The second-order valence-electron chi connectivity index (χ2n) is 4.31. The molecule has 0 saturated heterocycles. The zero-order valence-electron chi connectivity index (χ0n) is 10.0. The Bertz CT molecular complexity index is 763. The summed E-state index contributed by atoms with van der Waals surface area (Å²) in [5, 5.41) is 0.0662. The Morgan fingerprint density at radius 2 is 1.75 bits per heavy atom. The fourth-order valence-electron chi connectivity index (χ4n) is 2.09. The molecule has 6 heteroatoms. The molecule has 20 heavy (non-hydrogen) atoms. The van der Waals surface area contributed by atoms with Crippen molar-refractivity contribution in [1.82, 2.24) is 9.97 Å². The third-order valence-corrected chi connectivity index (χ3v) is 3.15. The predicted molar refractivity (Wildman–Crippen MR) is 71.5 cm³/mol. The lowest BCUT2D eigenvalue weighted by molar-refractivity contribution is -0.137. The van der Waals surface area contributed by atoms with Crippen LogP contribution in [0.2, 0.25) is 5.28 Å². The van der Waals surface area contributed by atoms with E-state index in [0.717, 1.165) is 12.1 Å². The van der Waals surface area contributed by atoms with Crippen LogP contribution in [0.15, 0.2) is 42.5 Å². The molecule has 1 N–H and O–H groups in total. The van der Waals surface area contributed by atoms with Crippen molar-refractivity contribution in [1.29, 1.82) is 0 Å². The minimum atomic E-state index is -4.42. The number of aromatic nitrogens is 2. The molecular weight excluding hydrogens is 289 g/mol. The van der Waals surface area contributed by atoms with Gasteiger partial charge in [-0.15, -0.1) is 0 Å². The monoisotopic (exact) mass is 296 g/mol. The largest absolute Gasteiger partial charge is 0.416 e. The van der Waals surface area contributed by atoms with Crippen LogP contribution in [-0.4, -0.2) is 9.97 Å². The van der Waals surface area contributed by atoms with Gasteiger partial charge in [0.15, 0.2) is 0 Å². The summed E-state index contributed by atoms with van der Waals surface area (Å²) in [7, 11) is 0. The zero-order valence-corrected chi connectivity index (χ0v) is 10.8. The number of halogens is 4. The number of aromatic amines is 1. The lowest BCUT2D eigenvalue weighted by Gasteiger charge is -2.10. The van der Waals surface area contributed by atoms with Crippen LogP contribution in [0.3, 0.4) is 0 Å². The first-order chi connectivity index (χ1) is 9.45. The highest BCUT2D eigenvalue weighted by Gasteiger charge is 2.32. The molecule has 3 rings (SSSR count). The van der Waals surface area contributed by atoms with Crippen LogP contribution >= 0.6 is 11.6 Å². The zero-order chi connectivity index (χ0) is 14.3. The quantitative estimate of drug-likeness (QED) is 0.679. The Labute approximate surface area is 117 Å². The summed E-state index contributed by atoms with van der Waals surface area (Å²) in [6, 6.07) is 10.9. The summed E-state index contributed by atoms with van der Waals surface area (Å²) in [4.78, 5) is 6.69. The van der Waals surface area contributed by atoms with Gasteiger partial charge in [-0.05, 0) is 29.3 Å². The predicted octanol–water partition coefficient (Wildman–Crippen LogP) is 4.90. The molecule has 0 aliphatic carbocycles. The lowest BCUT2D eigenvalue weighted by atomic mass is 10.0. The fourth-order valence-corrected chi connectivity index (χ4v) is 2.28. The van der Waals surface area contributed by atoms with Gasteiger partial charge in [-0.3, -0.25) is 0 Å². The average Bonchev–Trinajstić information content (AvgIpc) is 2.77. The first kappa shape index (κ1) is 13.0. The molecule has 0 spiro atoms. The van der Waals surface area contributed by atoms with Gasteiger partial charge in [0, 0.05) is 5.56 Å². The number of rotatable bonds is 1. The van der Waals surface area contributed by atoms with Gasteiger partial charge in [-0.1, -0.05) is 30.3 Å². The first-order valence-electron chi connectivity index (χ1n) is 5.77. The molecule has 1 aromatic heterocycles. The van der Waals surface area contributed by atoms with E-state index in [0.29, 0.717) is 16.6 Å². The molecule has 0 atom stereocenters. The van der Waals surface area contributed by atoms with E-state index >= 15 is 0 Å². The highest BCUT2D eigenvalue weighted by atomic mass is 35.5. The van der Waals surface area contributed by atoms with E-state index in [9.17, 15) is 13.2 Å². The SMILES string of the molecule is FC(F)(F)c1cc(-c2ccccc2)c2nc(Cl)[nH]c2c1. The molecule has 0 aliphatic rings. The Morgan fingerprint density at radius 1 is 1.05 bits per heavy atom. The van der Waals surface area contributed by atoms with Crippen molar-refractivity contribution < 1.29 is 13.2 Å². The third-order valence-electron chi connectivity index (χ3n) is 2.97. The lowest BCUT2D eigenvalue weighted by Crippen LogP contribution is -2.05. The number of imidazole rings is 1. The maximum Gasteiger partial charge on any atom is 0.416 e. The number of hydrogen-bond acceptors (Lipinski definition) is 1. The third kappa shape index (κ3) is 2.25. The summed E-state index contributed by atoms with van der Waals surface area (Å²) >= 11 is 5.76. The van der Waals surface area contributed by atoms with Crippen molar-refractivity contribution in [2.24, 2.45) is 0 Å². The Kier molecular flexibility index (Phi) is 2.94. The minimum Gasteiger partial charge on any atom is -0.329 e. The van der Waals surface area contributed by atoms with E-state index in [2.05, 4.69) is 9.97 Å². The molecule has 0 fully saturated rings. The van der Waals surface area contributed by atoms with Crippen LogP contribution in [0.25, 0.3) is 22.2 Å². The number of nitrogens with one attached hydrogen (secondary N) is 1. The second kappa shape index (κ2) is 4.52. The van der Waals surface area contributed by atoms with Gasteiger partial charge in [0.2, 0.25) is 5.28 Å². The average molecular weight is 297 g/mol. The summed E-state index contributed by atoms with van der Waals surface area (Å²) in [5.41, 5.74) is 1.02. The van der Waals surface area contributed by atoms with Gasteiger partial charge in [0.1, 0.15) is 0 Å². The van der Waals surface area contributed by atoms with E-state index < -0.39 is 11.7 Å². The van der Waals surface area contributed by atoms with Crippen LogP contribution in [0.5, 0.6) is 0 Å². The molecule has 0 amide bonds. The Hall–Kier alpha value is -2.01. The van der Waals surface area contributed by atoms with Crippen molar-refractivity contribution in [3.63, 3.8) is 0 Å². The summed E-state index contributed by atoms with van der Waals surface area (Å²) < 4.78 is 38.9. The van der Waals surface area contributed by atoms with E-state index in [1.807, 2.05) is 0 Å². The normalized spacial score (nSPS) is 12.0. The van der Waals surface area contributed by atoms with Gasteiger partial charge in [-0.25, -0.2) is 4.98 Å². The van der Waals surface area contributed by atoms with Crippen molar-refractivity contribution in [3.05, 3.63) is 53.3 Å². The number of benzene rings is 2. The second-order valence-corrected chi connectivity index (χ2v) is 4.67. The van der Waals surface area contributed by atoms with E-state index in [-0.39, 0.29) is 10.8 Å². The fraction of sp³-hybridized carbons (Fsp3) is 0.0714. The van der Waals surface area contributed by atoms with Crippen LogP contribution in [-0.2, 0) is 6.18 Å². The molecule has 102 valence electrons.